The molecule has 0 aromatic heterocycles. The molecule has 0 saturated heterocycles. The summed E-state index contributed by atoms with van der Waals surface area (Å²) >= 11 is 0. The number of sulfonamides is 1. The van der Waals surface area contributed by atoms with Gasteiger partial charge in [0.25, 0.3) is 5.91 Å². The molecule has 6 heteroatoms. The van der Waals surface area contributed by atoms with Crippen molar-refractivity contribution in [3.05, 3.63) is 29.8 Å². The molecule has 5 nitrogen and oxygen atoms in total. The van der Waals surface area contributed by atoms with Gasteiger partial charge in [0.15, 0.2) is 0 Å². The van der Waals surface area contributed by atoms with Gasteiger partial charge in [-0.05, 0) is 44.9 Å². The van der Waals surface area contributed by atoms with Crippen LogP contribution in [0.2, 0.25) is 0 Å². The molecular formula is C17H26N2O3S. The monoisotopic (exact) mass is 338 g/mol. The van der Waals surface area contributed by atoms with Crippen LogP contribution in [0.3, 0.4) is 0 Å². The smallest absolute Gasteiger partial charge is 0.251 e. The molecule has 1 aromatic rings. The molecule has 0 radical (unpaired) electrons. The highest BCUT2D eigenvalue weighted by molar-refractivity contribution is 7.89. The topological polar surface area (TPSA) is 75.3 Å². The summed E-state index contributed by atoms with van der Waals surface area (Å²) in [4.78, 5) is 12.2. The second-order valence-corrected chi connectivity index (χ2v) is 8.18. The number of rotatable bonds is 5. The van der Waals surface area contributed by atoms with Crippen molar-refractivity contribution < 1.29 is 13.2 Å². The summed E-state index contributed by atoms with van der Waals surface area (Å²) in [5.41, 5.74) is 0.363. The fraction of sp³-hybridized carbons (Fsp3) is 0.588. The Morgan fingerprint density at radius 1 is 1.13 bits per heavy atom. The highest BCUT2D eigenvalue weighted by atomic mass is 32.2. The minimum Gasteiger partial charge on any atom is -0.350 e. The van der Waals surface area contributed by atoms with E-state index in [9.17, 15) is 13.2 Å². The van der Waals surface area contributed by atoms with E-state index in [-0.39, 0.29) is 22.9 Å². The molecule has 1 aliphatic rings. The first-order chi connectivity index (χ1) is 10.9. The van der Waals surface area contributed by atoms with E-state index in [1.165, 1.54) is 25.0 Å². The molecule has 2 N–H and O–H groups in total. The van der Waals surface area contributed by atoms with E-state index in [2.05, 4.69) is 10.0 Å². The molecule has 0 unspecified atom stereocenters. The van der Waals surface area contributed by atoms with Gasteiger partial charge in [0.1, 0.15) is 0 Å². The lowest BCUT2D eigenvalue weighted by molar-refractivity contribution is 0.0943. The highest BCUT2D eigenvalue weighted by Gasteiger charge is 2.22. The van der Waals surface area contributed by atoms with Crippen molar-refractivity contribution in [3.8, 4) is 0 Å². The van der Waals surface area contributed by atoms with Crippen LogP contribution >= 0.6 is 0 Å². The van der Waals surface area contributed by atoms with Gasteiger partial charge in [-0.15, -0.1) is 0 Å². The van der Waals surface area contributed by atoms with Crippen molar-refractivity contribution in [1.82, 2.24) is 10.0 Å². The number of benzene rings is 1. The lowest BCUT2D eigenvalue weighted by Crippen LogP contribution is -2.34. The third kappa shape index (κ3) is 5.32. The molecule has 2 rings (SSSR count). The number of hydrogen-bond donors (Lipinski definition) is 2. The molecule has 23 heavy (non-hydrogen) atoms. The quantitative estimate of drug-likeness (QED) is 0.811. The zero-order valence-corrected chi connectivity index (χ0v) is 14.7. The van der Waals surface area contributed by atoms with E-state index < -0.39 is 10.0 Å². The van der Waals surface area contributed by atoms with Gasteiger partial charge in [-0.3, -0.25) is 4.79 Å². The average molecular weight is 338 g/mol. The lowest BCUT2D eigenvalue weighted by atomic mass is 10.1. The number of carbonyl (C=O) groups excluding carboxylic acids is 1. The molecule has 0 bridgehead atoms. The molecule has 1 amide bonds. The molecule has 0 heterocycles. The molecule has 1 aromatic carbocycles. The summed E-state index contributed by atoms with van der Waals surface area (Å²) in [6.45, 7) is 3.73. The van der Waals surface area contributed by atoms with Crippen LogP contribution in [-0.4, -0.2) is 26.4 Å². The summed E-state index contributed by atoms with van der Waals surface area (Å²) in [5.74, 6) is -0.258. The van der Waals surface area contributed by atoms with E-state index in [1.54, 1.807) is 12.1 Å². The van der Waals surface area contributed by atoms with E-state index in [1.807, 2.05) is 13.8 Å². The van der Waals surface area contributed by atoms with Gasteiger partial charge >= 0.3 is 0 Å². The van der Waals surface area contributed by atoms with Crippen LogP contribution in [0.15, 0.2) is 29.2 Å². The Bertz CT molecular complexity index is 633. The maximum atomic E-state index is 12.6. The van der Waals surface area contributed by atoms with Crippen molar-refractivity contribution in [2.75, 3.05) is 0 Å². The van der Waals surface area contributed by atoms with Gasteiger partial charge in [0, 0.05) is 17.6 Å². The predicted octanol–water partition coefficient (Wildman–Crippen LogP) is 2.83. The minimum atomic E-state index is -3.59. The van der Waals surface area contributed by atoms with Crippen molar-refractivity contribution in [1.29, 1.82) is 0 Å². The third-order valence-corrected chi connectivity index (χ3v) is 5.52. The summed E-state index contributed by atoms with van der Waals surface area (Å²) in [6.07, 6.45) is 6.22. The maximum absolute atomic E-state index is 12.6. The Labute approximate surface area is 138 Å². The van der Waals surface area contributed by atoms with Crippen LogP contribution in [-0.2, 0) is 10.0 Å². The van der Waals surface area contributed by atoms with Gasteiger partial charge in [0.2, 0.25) is 10.0 Å². The highest BCUT2D eigenvalue weighted by Crippen LogP contribution is 2.20. The largest absolute Gasteiger partial charge is 0.350 e. The van der Waals surface area contributed by atoms with Gasteiger partial charge in [-0.25, -0.2) is 13.1 Å². The van der Waals surface area contributed by atoms with Crippen LogP contribution in [0.25, 0.3) is 0 Å². The molecule has 0 aliphatic heterocycles. The molecule has 128 valence electrons. The lowest BCUT2D eigenvalue weighted by Gasteiger charge is -2.17. The van der Waals surface area contributed by atoms with Gasteiger partial charge < -0.3 is 5.32 Å². The first-order valence-corrected chi connectivity index (χ1v) is 9.80. The first-order valence-electron chi connectivity index (χ1n) is 8.32. The maximum Gasteiger partial charge on any atom is 0.251 e. The van der Waals surface area contributed by atoms with E-state index >= 15 is 0 Å². The van der Waals surface area contributed by atoms with Crippen molar-refractivity contribution >= 4 is 15.9 Å². The second kappa shape index (κ2) is 7.93. The van der Waals surface area contributed by atoms with Crippen LogP contribution in [0, 0.1) is 0 Å². The fourth-order valence-electron chi connectivity index (χ4n) is 2.83. The number of nitrogens with one attached hydrogen (secondary N) is 2. The molecule has 0 atom stereocenters. The van der Waals surface area contributed by atoms with E-state index in [4.69, 9.17) is 0 Å². The Morgan fingerprint density at radius 3 is 2.39 bits per heavy atom. The molecule has 1 aliphatic carbocycles. The third-order valence-electron chi connectivity index (χ3n) is 4.00. The Hall–Kier alpha value is -1.40. The van der Waals surface area contributed by atoms with Crippen LogP contribution in [0.1, 0.15) is 62.7 Å². The second-order valence-electron chi connectivity index (χ2n) is 6.47. The standard InChI is InChI=1S/C17H26N2O3S/c1-13(2)18-17(20)14-8-7-11-16(12-14)23(21,22)19-15-9-5-3-4-6-10-15/h7-8,11-13,15,19H,3-6,9-10H2,1-2H3,(H,18,20). The SMILES string of the molecule is CC(C)NC(=O)c1cccc(S(=O)(=O)NC2CCCCCC2)c1. The minimum absolute atomic E-state index is 0.00403. The van der Waals surface area contributed by atoms with E-state index in [0.29, 0.717) is 5.56 Å². The number of carbonyl (C=O) groups is 1. The van der Waals surface area contributed by atoms with Crippen LogP contribution < -0.4 is 10.0 Å². The summed E-state index contributed by atoms with van der Waals surface area (Å²) in [7, 11) is -3.59. The Balaban J connectivity index is 2.14. The summed E-state index contributed by atoms with van der Waals surface area (Å²) < 4.78 is 27.9. The first kappa shape index (κ1) is 17.9. The summed E-state index contributed by atoms with van der Waals surface area (Å²) in [6, 6.07) is 6.21. The number of hydrogen-bond acceptors (Lipinski definition) is 3. The zero-order valence-electron chi connectivity index (χ0n) is 13.8. The molecular weight excluding hydrogens is 312 g/mol. The average Bonchev–Trinajstić information content (AvgIpc) is 2.75. The van der Waals surface area contributed by atoms with Gasteiger partial charge in [-0.1, -0.05) is 31.7 Å². The Kier molecular flexibility index (Phi) is 6.18. The van der Waals surface area contributed by atoms with Crippen LogP contribution in [0.5, 0.6) is 0 Å². The number of amides is 1. The van der Waals surface area contributed by atoms with Gasteiger partial charge in [-0.2, -0.15) is 0 Å². The van der Waals surface area contributed by atoms with E-state index in [0.717, 1.165) is 25.7 Å². The van der Waals surface area contributed by atoms with Crippen molar-refractivity contribution in [3.63, 3.8) is 0 Å². The summed E-state index contributed by atoms with van der Waals surface area (Å²) in [5, 5.41) is 2.77. The molecule has 1 fully saturated rings. The van der Waals surface area contributed by atoms with Gasteiger partial charge in [0.05, 0.1) is 4.90 Å². The van der Waals surface area contributed by atoms with Crippen LogP contribution in [0.4, 0.5) is 0 Å². The normalized spacial score (nSPS) is 17.0. The predicted molar refractivity (Wildman–Crippen MR) is 90.9 cm³/mol. The fourth-order valence-corrected chi connectivity index (χ4v) is 4.19. The van der Waals surface area contributed by atoms with Crippen molar-refractivity contribution in [2.24, 2.45) is 0 Å². The Morgan fingerprint density at radius 2 is 1.78 bits per heavy atom. The molecule has 0 spiro atoms. The zero-order chi connectivity index (χ0) is 16.9. The van der Waals surface area contributed by atoms with Crippen molar-refractivity contribution in [2.45, 2.75) is 69.4 Å². The molecule has 1 saturated carbocycles.